The predicted molar refractivity (Wildman–Crippen MR) is 106 cm³/mol. The summed E-state index contributed by atoms with van der Waals surface area (Å²) in [6.45, 7) is 0. The SMILES string of the molecule is O=P(Oc1ccccc1)(Oc1ccccc1)C(Cl)OS(=O)(=O)c1ccccc1. The topological polar surface area (TPSA) is 78.9 Å². The minimum absolute atomic E-state index is 0.133. The molecule has 0 aliphatic carbocycles. The van der Waals surface area contributed by atoms with Gasteiger partial charge in [-0.05, 0) is 36.4 Å². The summed E-state index contributed by atoms with van der Waals surface area (Å²) in [4.78, 5) is -0.133. The van der Waals surface area contributed by atoms with E-state index in [4.69, 9.17) is 24.8 Å². The Labute approximate surface area is 168 Å². The number of halogens is 1. The van der Waals surface area contributed by atoms with E-state index in [0.29, 0.717) is 0 Å². The standard InChI is InChI=1S/C19H16ClO6PS/c20-19(26-28(22,23)18-14-8-3-9-15-18)27(21,24-16-10-4-1-5-11-16)25-17-12-6-2-7-13-17/h1-15,19H. The zero-order valence-electron chi connectivity index (χ0n) is 14.4. The van der Waals surface area contributed by atoms with Crippen LogP contribution in [0.4, 0.5) is 0 Å². The molecule has 0 radical (unpaired) electrons. The lowest BCUT2D eigenvalue weighted by molar-refractivity contribution is 0.287. The second-order valence-electron chi connectivity index (χ2n) is 5.50. The number of hydrogen-bond donors (Lipinski definition) is 0. The van der Waals surface area contributed by atoms with Gasteiger partial charge in [0, 0.05) is 0 Å². The molecule has 1 atom stereocenters. The smallest absolute Gasteiger partial charge is 0.414 e. The average Bonchev–Trinajstić information content (AvgIpc) is 2.70. The summed E-state index contributed by atoms with van der Waals surface area (Å²) in [6, 6.07) is 23.6. The largest absolute Gasteiger partial charge is 0.476 e. The second-order valence-corrected chi connectivity index (χ2v) is 9.69. The van der Waals surface area contributed by atoms with Gasteiger partial charge in [-0.2, -0.15) is 8.42 Å². The second kappa shape index (κ2) is 8.80. The highest BCUT2D eigenvalue weighted by Gasteiger charge is 2.43. The van der Waals surface area contributed by atoms with Crippen LogP contribution in [0, 0.1) is 0 Å². The molecule has 9 heteroatoms. The zero-order valence-corrected chi connectivity index (χ0v) is 16.9. The van der Waals surface area contributed by atoms with Gasteiger partial charge in [0.05, 0.1) is 4.90 Å². The first kappa shape index (κ1) is 20.4. The Balaban J connectivity index is 1.90. The van der Waals surface area contributed by atoms with Crippen molar-refractivity contribution in [3.8, 4) is 11.5 Å². The van der Waals surface area contributed by atoms with Crippen molar-refractivity contribution < 1.29 is 26.2 Å². The van der Waals surface area contributed by atoms with Crippen molar-refractivity contribution in [1.82, 2.24) is 0 Å². The maximum atomic E-state index is 13.4. The van der Waals surface area contributed by atoms with E-state index in [1.165, 1.54) is 48.5 Å². The fourth-order valence-corrected chi connectivity index (χ4v) is 5.29. The van der Waals surface area contributed by atoms with Gasteiger partial charge < -0.3 is 9.05 Å². The first-order valence-corrected chi connectivity index (χ1v) is 11.6. The summed E-state index contributed by atoms with van der Waals surface area (Å²) in [6.07, 6.45) is 0. The third kappa shape index (κ3) is 5.14. The van der Waals surface area contributed by atoms with Crippen molar-refractivity contribution in [3.63, 3.8) is 0 Å². The lowest BCUT2D eigenvalue weighted by atomic mass is 10.3. The van der Waals surface area contributed by atoms with Crippen LogP contribution < -0.4 is 9.05 Å². The van der Waals surface area contributed by atoms with Gasteiger partial charge in [0.25, 0.3) is 15.4 Å². The van der Waals surface area contributed by atoms with Crippen molar-refractivity contribution in [3.05, 3.63) is 91.0 Å². The molecule has 0 aromatic heterocycles. The normalized spacial score (nSPS) is 12.9. The summed E-state index contributed by atoms with van der Waals surface area (Å²) in [5, 5.41) is -1.92. The minimum atomic E-state index is -4.31. The Morgan fingerprint density at radius 3 is 1.54 bits per heavy atom. The highest BCUT2D eigenvalue weighted by molar-refractivity contribution is 7.87. The molecule has 0 saturated carbocycles. The molecule has 3 aromatic carbocycles. The van der Waals surface area contributed by atoms with E-state index in [1.807, 2.05) is 0 Å². The highest BCUT2D eigenvalue weighted by atomic mass is 35.5. The molecule has 1 unspecified atom stereocenters. The lowest BCUT2D eigenvalue weighted by Crippen LogP contribution is -2.19. The van der Waals surface area contributed by atoms with Crippen LogP contribution in [0.2, 0.25) is 0 Å². The number of para-hydroxylation sites is 2. The molecule has 0 aliphatic heterocycles. The van der Waals surface area contributed by atoms with E-state index in [-0.39, 0.29) is 16.4 Å². The molecule has 3 aromatic rings. The monoisotopic (exact) mass is 438 g/mol. The number of hydrogen-bond acceptors (Lipinski definition) is 6. The lowest BCUT2D eigenvalue weighted by Gasteiger charge is -2.23. The Bertz CT molecular complexity index is 1000. The van der Waals surface area contributed by atoms with Gasteiger partial charge in [0.15, 0.2) is 0 Å². The van der Waals surface area contributed by atoms with Gasteiger partial charge in [-0.15, -0.1) is 0 Å². The molecule has 0 N–H and O–H groups in total. The van der Waals surface area contributed by atoms with Crippen molar-refractivity contribution in [1.29, 1.82) is 0 Å². The van der Waals surface area contributed by atoms with E-state index < -0.39 is 23.0 Å². The molecular weight excluding hydrogens is 423 g/mol. The van der Waals surface area contributed by atoms with Gasteiger partial charge in [0.2, 0.25) is 0 Å². The van der Waals surface area contributed by atoms with E-state index in [0.717, 1.165) is 0 Å². The van der Waals surface area contributed by atoms with Crippen LogP contribution in [0.5, 0.6) is 11.5 Å². The van der Waals surface area contributed by atoms with Crippen molar-refractivity contribution in [2.75, 3.05) is 0 Å². The quantitative estimate of drug-likeness (QED) is 0.271. The molecule has 0 aliphatic rings. The highest BCUT2D eigenvalue weighted by Crippen LogP contribution is 2.55. The zero-order chi connectivity index (χ0) is 20.0. The first-order chi connectivity index (χ1) is 13.4. The number of alkyl halides is 1. The number of benzene rings is 3. The molecule has 3 rings (SSSR count). The molecule has 0 saturated heterocycles. The van der Waals surface area contributed by atoms with Crippen LogP contribution >= 0.6 is 19.2 Å². The summed E-state index contributed by atoms with van der Waals surface area (Å²) in [5.41, 5.74) is 0. The number of rotatable bonds is 8. The molecule has 0 heterocycles. The first-order valence-electron chi connectivity index (χ1n) is 8.10. The molecule has 0 fully saturated rings. The maximum absolute atomic E-state index is 13.4. The van der Waals surface area contributed by atoms with Gasteiger partial charge in [-0.25, -0.2) is 8.75 Å². The van der Waals surface area contributed by atoms with Crippen LogP contribution in [0.3, 0.4) is 0 Å². The van der Waals surface area contributed by atoms with Crippen molar-refractivity contribution in [2.24, 2.45) is 0 Å². The van der Waals surface area contributed by atoms with Crippen LogP contribution in [0.15, 0.2) is 95.9 Å². The van der Waals surface area contributed by atoms with E-state index >= 15 is 0 Å². The van der Waals surface area contributed by atoms with Gasteiger partial charge >= 0.3 is 7.60 Å². The molecule has 0 amide bonds. The predicted octanol–water partition coefficient (Wildman–Crippen LogP) is 5.27. The Morgan fingerprint density at radius 2 is 1.11 bits per heavy atom. The fourth-order valence-electron chi connectivity index (χ4n) is 2.16. The molecule has 6 nitrogen and oxygen atoms in total. The Hall–Kier alpha value is -2.31. The molecule has 146 valence electrons. The summed E-state index contributed by atoms with van der Waals surface area (Å²) < 4.78 is 54.2. The van der Waals surface area contributed by atoms with Crippen LogP contribution in [-0.2, 0) is 18.9 Å². The molecule has 28 heavy (non-hydrogen) atoms. The van der Waals surface area contributed by atoms with E-state index in [2.05, 4.69) is 0 Å². The maximum Gasteiger partial charge on any atom is 0.476 e. The minimum Gasteiger partial charge on any atom is -0.414 e. The van der Waals surface area contributed by atoms with E-state index in [9.17, 15) is 13.0 Å². The molecular formula is C19H16ClO6PS. The molecule has 0 bridgehead atoms. The van der Waals surface area contributed by atoms with Gasteiger partial charge in [-0.1, -0.05) is 66.2 Å². The van der Waals surface area contributed by atoms with Crippen LogP contribution in [0.25, 0.3) is 0 Å². The Kier molecular flexibility index (Phi) is 6.42. The Morgan fingerprint density at radius 1 is 0.714 bits per heavy atom. The van der Waals surface area contributed by atoms with Crippen molar-refractivity contribution in [2.45, 2.75) is 10.2 Å². The van der Waals surface area contributed by atoms with Crippen LogP contribution in [-0.4, -0.2) is 13.7 Å². The fraction of sp³-hybridized carbons (Fsp3) is 0.0526. The molecule has 0 spiro atoms. The average molecular weight is 439 g/mol. The summed E-state index contributed by atoms with van der Waals surface area (Å²) in [7, 11) is -8.60. The van der Waals surface area contributed by atoms with Gasteiger partial charge in [0.1, 0.15) is 11.5 Å². The van der Waals surface area contributed by atoms with Crippen LogP contribution in [0.1, 0.15) is 0 Å². The van der Waals surface area contributed by atoms with E-state index in [1.54, 1.807) is 42.5 Å². The third-order valence-corrected chi connectivity index (χ3v) is 7.32. The summed E-state index contributed by atoms with van der Waals surface area (Å²) >= 11 is 6.11. The van der Waals surface area contributed by atoms with Crippen molar-refractivity contribution >= 4 is 29.3 Å². The summed E-state index contributed by atoms with van der Waals surface area (Å²) in [5.74, 6) is 0.376. The van der Waals surface area contributed by atoms with Gasteiger partial charge in [-0.3, -0.25) is 0 Å². The third-order valence-electron chi connectivity index (χ3n) is 3.44.